The Morgan fingerprint density at radius 3 is 2.53 bits per heavy atom. The number of amides is 2. The van der Waals surface area contributed by atoms with Crippen molar-refractivity contribution < 1.29 is 27.5 Å². The van der Waals surface area contributed by atoms with Crippen LogP contribution in [0.5, 0.6) is 5.75 Å². The maximum absolute atomic E-state index is 12.9. The molecule has 1 aliphatic heterocycles. The van der Waals surface area contributed by atoms with Crippen LogP contribution in [0.25, 0.3) is 0 Å². The van der Waals surface area contributed by atoms with Crippen molar-refractivity contribution in [2.75, 3.05) is 18.0 Å². The van der Waals surface area contributed by atoms with Crippen molar-refractivity contribution in [1.29, 1.82) is 0 Å². The number of nitrogens with one attached hydrogen (secondary N) is 1. The lowest BCUT2D eigenvalue weighted by Crippen LogP contribution is -2.39. The Hall–Kier alpha value is -3.49. The Morgan fingerprint density at radius 2 is 1.93 bits per heavy atom. The number of fused-ring (bicyclic) bond motifs is 1. The number of hydrogen-bond acceptors (Lipinski definition) is 4. The first-order valence-corrected chi connectivity index (χ1v) is 9.13. The summed E-state index contributed by atoms with van der Waals surface area (Å²) in [5.41, 5.74) is 6.33. The molecule has 0 aromatic heterocycles. The third-order valence-electron chi connectivity index (χ3n) is 4.80. The van der Waals surface area contributed by atoms with E-state index in [1.54, 1.807) is 18.2 Å². The molecule has 9 heteroatoms. The molecule has 1 unspecified atom stereocenters. The first kappa shape index (κ1) is 21.2. The number of primary amides is 1. The molecule has 2 amide bonds. The lowest BCUT2D eigenvalue weighted by molar-refractivity contribution is -0.137. The highest BCUT2D eigenvalue weighted by Crippen LogP contribution is 2.40. The third kappa shape index (κ3) is 4.73. The van der Waals surface area contributed by atoms with Gasteiger partial charge in [-0.25, -0.2) is 4.79 Å². The lowest BCUT2D eigenvalue weighted by Gasteiger charge is -2.37. The number of carbonyl (C=O) groups excluding carboxylic acids is 2. The van der Waals surface area contributed by atoms with E-state index >= 15 is 0 Å². The Morgan fingerprint density at radius 1 is 1.23 bits per heavy atom. The van der Waals surface area contributed by atoms with Gasteiger partial charge in [0.1, 0.15) is 5.75 Å². The smallest absolute Gasteiger partial charge is 0.410 e. The van der Waals surface area contributed by atoms with Gasteiger partial charge in [-0.2, -0.15) is 13.2 Å². The fraction of sp³-hybridized carbons (Fsp3) is 0.238. The fourth-order valence-electron chi connectivity index (χ4n) is 3.45. The molecule has 2 aromatic carbocycles. The molecule has 1 aliphatic rings. The molecular formula is C21H20F3N3O3. The number of ether oxygens (including phenoxy) is 1. The number of rotatable bonds is 5. The van der Waals surface area contributed by atoms with Crippen molar-refractivity contribution in [2.45, 2.75) is 12.6 Å². The number of halogens is 3. The SMILES string of the molecule is C=CC(=O)NCC1Cc2c(OC(N)=O)cccc2N(c2ccc(C(F)(F)F)cc2)C1. The lowest BCUT2D eigenvalue weighted by atomic mass is 9.91. The summed E-state index contributed by atoms with van der Waals surface area (Å²) in [5.74, 6) is -0.151. The van der Waals surface area contributed by atoms with E-state index in [2.05, 4.69) is 11.9 Å². The van der Waals surface area contributed by atoms with Crippen LogP contribution in [0.2, 0.25) is 0 Å². The minimum atomic E-state index is -4.43. The number of nitrogens with zero attached hydrogens (tertiary/aromatic N) is 1. The second-order valence-corrected chi connectivity index (χ2v) is 6.85. The van der Waals surface area contributed by atoms with E-state index in [1.165, 1.54) is 12.1 Å². The van der Waals surface area contributed by atoms with Gasteiger partial charge in [0.05, 0.1) is 5.56 Å². The Balaban J connectivity index is 1.98. The largest absolute Gasteiger partial charge is 0.416 e. The van der Waals surface area contributed by atoms with E-state index in [0.717, 1.165) is 18.2 Å². The standard InChI is InChI=1S/C21H20F3N3O3/c1-2-19(28)26-11-13-10-16-17(4-3-5-18(16)30-20(25)29)27(12-13)15-8-6-14(7-9-15)21(22,23)24/h2-9,13H,1,10-12H2,(H2,25,29)(H,26,28). The molecule has 1 atom stereocenters. The highest BCUT2D eigenvalue weighted by molar-refractivity contribution is 5.86. The summed E-state index contributed by atoms with van der Waals surface area (Å²) < 4.78 is 43.9. The van der Waals surface area contributed by atoms with Crippen molar-refractivity contribution >= 4 is 23.4 Å². The van der Waals surface area contributed by atoms with Gasteiger partial charge >= 0.3 is 12.3 Å². The molecule has 3 N–H and O–H groups in total. The summed E-state index contributed by atoms with van der Waals surface area (Å²) in [4.78, 5) is 24.7. The second-order valence-electron chi connectivity index (χ2n) is 6.85. The van der Waals surface area contributed by atoms with E-state index in [0.29, 0.717) is 36.4 Å². The summed E-state index contributed by atoms with van der Waals surface area (Å²) in [6.07, 6.45) is -3.76. The van der Waals surface area contributed by atoms with E-state index in [1.807, 2.05) is 4.90 Å². The van der Waals surface area contributed by atoms with Crippen LogP contribution in [0.15, 0.2) is 55.1 Å². The second kappa shape index (κ2) is 8.48. The molecule has 30 heavy (non-hydrogen) atoms. The molecule has 0 saturated heterocycles. The molecule has 2 aromatic rings. The molecule has 0 fully saturated rings. The zero-order valence-corrected chi connectivity index (χ0v) is 15.9. The number of alkyl halides is 3. The van der Waals surface area contributed by atoms with E-state index in [-0.39, 0.29) is 17.6 Å². The van der Waals surface area contributed by atoms with Gasteiger partial charge < -0.3 is 20.7 Å². The minimum Gasteiger partial charge on any atom is -0.410 e. The fourth-order valence-corrected chi connectivity index (χ4v) is 3.45. The van der Waals surface area contributed by atoms with E-state index < -0.39 is 17.8 Å². The van der Waals surface area contributed by atoms with Crippen molar-refractivity contribution in [3.8, 4) is 5.75 Å². The van der Waals surface area contributed by atoms with Gasteiger partial charge in [0.25, 0.3) is 0 Å². The van der Waals surface area contributed by atoms with Crippen molar-refractivity contribution in [1.82, 2.24) is 5.32 Å². The summed E-state index contributed by atoms with van der Waals surface area (Å²) in [6.45, 7) is 4.16. The zero-order chi connectivity index (χ0) is 21.9. The molecular weight excluding hydrogens is 399 g/mol. The molecule has 0 spiro atoms. The van der Waals surface area contributed by atoms with Crippen LogP contribution in [0.4, 0.5) is 29.3 Å². The molecule has 0 aliphatic carbocycles. The van der Waals surface area contributed by atoms with Gasteiger partial charge in [-0.05, 0) is 54.8 Å². The summed E-state index contributed by atoms with van der Waals surface area (Å²) >= 11 is 0. The quantitative estimate of drug-likeness (QED) is 0.723. The molecule has 0 saturated carbocycles. The molecule has 0 bridgehead atoms. The number of nitrogens with two attached hydrogens (primary N) is 1. The number of anilines is 2. The van der Waals surface area contributed by atoms with Crippen LogP contribution in [-0.4, -0.2) is 25.1 Å². The first-order chi connectivity index (χ1) is 14.2. The Labute approximate surface area is 171 Å². The van der Waals surface area contributed by atoms with Crippen LogP contribution in [0, 0.1) is 5.92 Å². The molecule has 3 rings (SSSR count). The van der Waals surface area contributed by atoms with Crippen LogP contribution >= 0.6 is 0 Å². The van der Waals surface area contributed by atoms with Crippen molar-refractivity contribution in [3.05, 3.63) is 66.2 Å². The predicted octanol–water partition coefficient (Wildman–Crippen LogP) is 3.78. The van der Waals surface area contributed by atoms with Gasteiger partial charge in [-0.1, -0.05) is 12.6 Å². The van der Waals surface area contributed by atoms with E-state index in [9.17, 15) is 22.8 Å². The Kier molecular flexibility index (Phi) is 6.00. The predicted molar refractivity (Wildman–Crippen MR) is 106 cm³/mol. The summed E-state index contributed by atoms with van der Waals surface area (Å²) in [6, 6.07) is 9.87. The average Bonchev–Trinajstić information content (AvgIpc) is 2.71. The van der Waals surface area contributed by atoms with Crippen LogP contribution in [0.1, 0.15) is 11.1 Å². The molecule has 158 valence electrons. The molecule has 6 nitrogen and oxygen atoms in total. The number of benzene rings is 2. The summed E-state index contributed by atoms with van der Waals surface area (Å²) in [7, 11) is 0. The monoisotopic (exact) mass is 419 g/mol. The molecule has 1 heterocycles. The maximum Gasteiger partial charge on any atom is 0.416 e. The number of carbonyl (C=O) groups is 2. The van der Waals surface area contributed by atoms with Crippen LogP contribution in [-0.2, 0) is 17.4 Å². The van der Waals surface area contributed by atoms with Gasteiger partial charge in [-0.3, -0.25) is 4.79 Å². The van der Waals surface area contributed by atoms with Crippen molar-refractivity contribution in [3.63, 3.8) is 0 Å². The van der Waals surface area contributed by atoms with Crippen LogP contribution < -0.4 is 20.7 Å². The van der Waals surface area contributed by atoms with Crippen molar-refractivity contribution in [2.24, 2.45) is 11.7 Å². The maximum atomic E-state index is 12.9. The third-order valence-corrected chi connectivity index (χ3v) is 4.80. The van der Waals surface area contributed by atoms with Crippen LogP contribution in [0.3, 0.4) is 0 Å². The van der Waals surface area contributed by atoms with E-state index in [4.69, 9.17) is 10.5 Å². The zero-order valence-electron chi connectivity index (χ0n) is 15.9. The highest BCUT2D eigenvalue weighted by Gasteiger charge is 2.32. The Bertz CT molecular complexity index is 958. The normalized spacial score (nSPS) is 15.8. The number of hydrogen-bond donors (Lipinski definition) is 2. The van der Waals surface area contributed by atoms with Gasteiger partial charge in [0.2, 0.25) is 5.91 Å². The highest BCUT2D eigenvalue weighted by atomic mass is 19.4. The summed E-state index contributed by atoms with van der Waals surface area (Å²) in [5, 5.41) is 2.73. The first-order valence-electron chi connectivity index (χ1n) is 9.13. The van der Waals surface area contributed by atoms with Gasteiger partial charge in [-0.15, -0.1) is 0 Å². The minimum absolute atomic E-state index is 0.0960. The molecule has 0 radical (unpaired) electrons. The van der Waals surface area contributed by atoms with Gasteiger partial charge in [0, 0.05) is 30.0 Å². The topological polar surface area (TPSA) is 84.7 Å². The average molecular weight is 419 g/mol. The van der Waals surface area contributed by atoms with Gasteiger partial charge in [0.15, 0.2) is 0 Å².